The minimum Gasteiger partial charge on any atom is -0.505 e. The summed E-state index contributed by atoms with van der Waals surface area (Å²) in [6.07, 6.45) is 1.22. The number of carbonyl (C=O) groups excluding carboxylic acids is 1. The number of halogens is 3. The number of benzene rings is 2. The van der Waals surface area contributed by atoms with E-state index in [1.165, 1.54) is 18.4 Å². The number of hydrogen-bond donors (Lipinski definition) is 1. The van der Waals surface area contributed by atoms with Crippen LogP contribution in [0.5, 0.6) is 11.5 Å². The normalized spacial score (nSPS) is 12.2. The van der Waals surface area contributed by atoms with Crippen molar-refractivity contribution in [2.75, 3.05) is 7.11 Å². The summed E-state index contributed by atoms with van der Waals surface area (Å²) in [6.45, 7) is 1.86. The number of ether oxygens (including phenoxy) is 2. The average molecular weight is 587 g/mol. The molecule has 0 saturated heterocycles. The first-order chi connectivity index (χ1) is 14.8. The topological polar surface area (TPSA) is 73.6 Å². The summed E-state index contributed by atoms with van der Waals surface area (Å²) >= 11 is 14.2. The third-order valence-corrected chi connectivity index (χ3v) is 7.44. The molecule has 0 spiro atoms. The number of aromatic nitrogens is 2. The van der Waals surface area contributed by atoms with Crippen LogP contribution in [0.1, 0.15) is 28.3 Å². The molecule has 10 heteroatoms. The molecule has 4 aromatic rings. The molecule has 0 bridgehead atoms. The van der Waals surface area contributed by atoms with Crippen LogP contribution in [-0.4, -0.2) is 27.7 Å². The van der Waals surface area contributed by atoms with Gasteiger partial charge in [0.25, 0.3) is 0 Å². The molecule has 6 nitrogen and oxygen atoms in total. The van der Waals surface area contributed by atoms with Gasteiger partial charge in [-0.3, -0.25) is 4.57 Å². The number of aromatic hydroxyl groups is 1. The second kappa shape index (κ2) is 8.82. The fraction of sp³-hybridized carbons (Fsp3) is 0.143. The molecule has 4 rings (SSSR count). The number of phenols is 1. The molecule has 0 aliphatic rings. The lowest BCUT2D eigenvalue weighted by atomic mass is 10.1. The van der Waals surface area contributed by atoms with Gasteiger partial charge < -0.3 is 14.6 Å². The van der Waals surface area contributed by atoms with Gasteiger partial charge in [0.15, 0.2) is 4.88 Å². The Labute approximate surface area is 203 Å². The van der Waals surface area contributed by atoms with E-state index < -0.39 is 12.1 Å². The number of esters is 1. The summed E-state index contributed by atoms with van der Waals surface area (Å²) in [5.41, 5.74) is 2.12. The SMILES string of the molecule is COC(=O)c1sc(-n2cnc3cc(Br)c(O)c(Br)c32)cc1OC(C)c1ccccc1Cl. The number of phenolic OH excluding ortho intramolecular Hbond substituents is 1. The minimum absolute atomic E-state index is 0.0582. The van der Waals surface area contributed by atoms with Gasteiger partial charge in [0.05, 0.1) is 27.1 Å². The molecule has 2 aromatic heterocycles. The van der Waals surface area contributed by atoms with Crippen molar-refractivity contribution < 1.29 is 19.4 Å². The minimum atomic E-state index is -0.508. The van der Waals surface area contributed by atoms with Crippen LogP contribution in [0.2, 0.25) is 5.02 Å². The van der Waals surface area contributed by atoms with E-state index >= 15 is 0 Å². The number of nitrogens with zero attached hydrogens (tertiary/aromatic N) is 2. The molecule has 0 aliphatic heterocycles. The Balaban J connectivity index is 1.80. The zero-order chi connectivity index (χ0) is 22.3. The molecule has 31 heavy (non-hydrogen) atoms. The molecule has 0 radical (unpaired) electrons. The molecule has 0 amide bonds. The zero-order valence-corrected chi connectivity index (χ0v) is 21.0. The van der Waals surface area contributed by atoms with E-state index in [0.717, 1.165) is 5.56 Å². The largest absolute Gasteiger partial charge is 0.505 e. The first kappa shape index (κ1) is 22.1. The maximum atomic E-state index is 12.4. The molecule has 1 atom stereocenters. The second-order valence-electron chi connectivity index (χ2n) is 6.55. The summed E-state index contributed by atoms with van der Waals surface area (Å²) in [5.74, 6) is -0.0759. The van der Waals surface area contributed by atoms with Gasteiger partial charge in [0, 0.05) is 16.7 Å². The van der Waals surface area contributed by atoms with E-state index in [2.05, 4.69) is 36.8 Å². The molecule has 0 saturated carbocycles. The summed E-state index contributed by atoms with van der Waals surface area (Å²) < 4.78 is 13.9. The number of fused-ring (bicyclic) bond motifs is 1. The van der Waals surface area contributed by atoms with Crippen molar-refractivity contribution in [1.29, 1.82) is 0 Å². The first-order valence-electron chi connectivity index (χ1n) is 8.99. The highest BCUT2D eigenvalue weighted by Gasteiger charge is 2.24. The van der Waals surface area contributed by atoms with E-state index in [-0.39, 0.29) is 5.75 Å². The number of imidazole rings is 1. The highest BCUT2D eigenvalue weighted by Crippen LogP contribution is 2.42. The van der Waals surface area contributed by atoms with Gasteiger partial charge in [-0.05, 0) is 50.9 Å². The lowest BCUT2D eigenvalue weighted by molar-refractivity contribution is 0.0600. The maximum Gasteiger partial charge on any atom is 0.351 e. The van der Waals surface area contributed by atoms with E-state index in [1.54, 1.807) is 29.1 Å². The predicted octanol–water partition coefficient (Wildman–Crippen LogP) is 6.90. The van der Waals surface area contributed by atoms with Crippen LogP contribution >= 0.6 is 54.8 Å². The Bertz CT molecular complexity index is 1300. The Morgan fingerprint density at radius 1 is 1.29 bits per heavy atom. The Morgan fingerprint density at radius 3 is 2.74 bits per heavy atom. The van der Waals surface area contributed by atoms with Gasteiger partial charge in [0.1, 0.15) is 28.9 Å². The quantitative estimate of drug-likeness (QED) is 0.258. The number of hydrogen-bond acceptors (Lipinski definition) is 6. The van der Waals surface area contributed by atoms with E-state index in [0.29, 0.717) is 40.6 Å². The van der Waals surface area contributed by atoms with Crippen molar-refractivity contribution in [3.05, 3.63) is 67.1 Å². The Morgan fingerprint density at radius 2 is 2.03 bits per heavy atom. The summed E-state index contributed by atoms with van der Waals surface area (Å²) in [5, 5.41) is 11.6. The molecule has 160 valence electrons. The van der Waals surface area contributed by atoms with Gasteiger partial charge >= 0.3 is 5.97 Å². The first-order valence-corrected chi connectivity index (χ1v) is 11.8. The van der Waals surface area contributed by atoms with Gasteiger partial charge in [0.2, 0.25) is 0 Å². The van der Waals surface area contributed by atoms with Gasteiger partial charge in [-0.2, -0.15) is 0 Å². The van der Waals surface area contributed by atoms with Crippen molar-refractivity contribution in [3.63, 3.8) is 0 Å². The number of thiophene rings is 1. The van der Waals surface area contributed by atoms with Gasteiger partial charge in [-0.15, -0.1) is 11.3 Å². The molecule has 2 heterocycles. The second-order valence-corrected chi connectivity index (χ2v) is 9.64. The van der Waals surface area contributed by atoms with Crippen molar-refractivity contribution in [2.45, 2.75) is 13.0 Å². The highest BCUT2D eigenvalue weighted by atomic mass is 79.9. The number of methoxy groups -OCH3 is 1. The highest BCUT2D eigenvalue weighted by molar-refractivity contribution is 9.11. The van der Waals surface area contributed by atoms with Crippen LogP contribution in [0.4, 0.5) is 0 Å². The smallest absolute Gasteiger partial charge is 0.351 e. The number of carbonyl (C=O) groups is 1. The van der Waals surface area contributed by atoms with Crippen LogP contribution in [-0.2, 0) is 4.74 Å². The maximum absolute atomic E-state index is 12.4. The summed E-state index contributed by atoms with van der Waals surface area (Å²) in [7, 11) is 1.32. The molecule has 0 fully saturated rings. The van der Waals surface area contributed by atoms with Crippen molar-refractivity contribution >= 4 is 71.8 Å². The lowest BCUT2D eigenvalue weighted by Crippen LogP contribution is -2.07. The molecule has 1 unspecified atom stereocenters. The third-order valence-electron chi connectivity index (χ3n) is 4.64. The van der Waals surface area contributed by atoms with Crippen LogP contribution in [0, 0.1) is 0 Å². The molecule has 2 aromatic carbocycles. The van der Waals surface area contributed by atoms with Crippen molar-refractivity contribution in [1.82, 2.24) is 9.55 Å². The van der Waals surface area contributed by atoms with E-state index in [4.69, 9.17) is 21.1 Å². The van der Waals surface area contributed by atoms with E-state index in [9.17, 15) is 9.90 Å². The van der Waals surface area contributed by atoms with Crippen LogP contribution in [0.15, 0.2) is 51.7 Å². The average Bonchev–Trinajstić information content (AvgIpc) is 3.36. The van der Waals surface area contributed by atoms with Gasteiger partial charge in [-0.25, -0.2) is 9.78 Å². The standard InChI is InChI=1S/C21H15Br2ClN2O4S/c1-10(11-5-3-4-6-13(11)24)30-15-8-16(31-20(15)21(28)29-2)26-9-25-14-7-12(22)19(27)17(23)18(14)26/h3-10,27H,1-2H3. The molecular weight excluding hydrogens is 572 g/mol. The van der Waals surface area contributed by atoms with E-state index in [1.807, 2.05) is 25.1 Å². The fourth-order valence-corrected chi connectivity index (χ4v) is 5.68. The zero-order valence-electron chi connectivity index (χ0n) is 16.2. The monoisotopic (exact) mass is 584 g/mol. The molecule has 1 N–H and O–H groups in total. The summed E-state index contributed by atoms with van der Waals surface area (Å²) in [6, 6.07) is 10.8. The van der Waals surface area contributed by atoms with Crippen molar-refractivity contribution in [2.24, 2.45) is 0 Å². The lowest BCUT2D eigenvalue weighted by Gasteiger charge is -2.16. The fourth-order valence-electron chi connectivity index (χ4n) is 3.12. The van der Waals surface area contributed by atoms with Crippen LogP contribution in [0.25, 0.3) is 16.0 Å². The Hall–Kier alpha value is -2.07. The molecular formula is C21H15Br2ClN2O4S. The van der Waals surface area contributed by atoms with Crippen LogP contribution in [0.3, 0.4) is 0 Å². The Kier molecular flexibility index (Phi) is 6.30. The third kappa shape index (κ3) is 4.07. The summed E-state index contributed by atoms with van der Waals surface area (Å²) in [4.78, 5) is 17.2. The molecule has 0 aliphatic carbocycles. The van der Waals surface area contributed by atoms with Crippen molar-refractivity contribution in [3.8, 4) is 16.5 Å². The van der Waals surface area contributed by atoms with Crippen LogP contribution < -0.4 is 4.74 Å². The number of rotatable bonds is 5. The predicted molar refractivity (Wildman–Crippen MR) is 128 cm³/mol. The van der Waals surface area contributed by atoms with Gasteiger partial charge in [-0.1, -0.05) is 29.8 Å².